The van der Waals surface area contributed by atoms with Gasteiger partial charge in [0.15, 0.2) is 6.29 Å². The van der Waals surface area contributed by atoms with Crippen molar-refractivity contribution in [1.29, 1.82) is 0 Å². The number of hydrogen-bond acceptors (Lipinski definition) is 6. The smallest absolute Gasteiger partial charge is 0.399 e. The summed E-state index contributed by atoms with van der Waals surface area (Å²) >= 11 is 0. The first-order chi connectivity index (χ1) is 23.8. The maximum absolute atomic E-state index is 12.4. The maximum Gasteiger partial charge on any atom is 0.494 e. The number of aliphatic hydroxyl groups is 1. The molecule has 2 saturated heterocycles. The molecule has 1 N–H and O–H groups in total. The van der Waals surface area contributed by atoms with Crippen molar-refractivity contribution in [3.8, 4) is 0 Å². The largest absolute Gasteiger partial charge is 0.494 e. The molecule has 2 aliphatic heterocycles. The summed E-state index contributed by atoms with van der Waals surface area (Å²) in [6.07, 6.45) is 5.30. The molecule has 266 valence electrons. The van der Waals surface area contributed by atoms with Crippen LogP contribution in [0.4, 0.5) is 0 Å². The summed E-state index contributed by atoms with van der Waals surface area (Å²) in [6.45, 7) is 25.0. The number of carbonyl (C=O) groups is 1. The van der Waals surface area contributed by atoms with Gasteiger partial charge in [-0.25, -0.2) is 0 Å². The van der Waals surface area contributed by atoms with E-state index in [1.165, 1.54) is 5.56 Å². The topological polar surface area (TPSA) is 74.2 Å². The van der Waals surface area contributed by atoms with E-state index in [2.05, 4.69) is 104 Å². The zero-order valence-corrected chi connectivity index (χ0v) is 32.0. The number of aldehydes is 1. The highest BCUT2D eigenvalue weighted by Crippen LogP contribution is 2.55. The standard InChI is InChI=1S/C43H52B2O6/c1-12-36-38(43(36,11)47)37-31(27-46)20-16-24-35(37)28(2)34(30-19-15-22-33(26-30)45-50-41(7,8)42(9,10)51-45)23-14-18-29-17-13-21-32(25-29)44-48-39(3,4)40(5,6)49-44/h13,15-17,19-27,47H,2,12,14,18H2,1,3-11H3/b34-23+. The molecule has 51 heavy (non-hydrogen) atoms. The van der Waals surface area contributed by atoms with Gasteiger partial charge in [0, 0.05) is 5.56 Å². The number of hydrogen-bond donors (Lipinski definition) is 1. The van der Waals surface area contributed by atoms with Crippen molar-refractivity contribution in [2.45, 2.75) is 117 Å². The van der Waals surface area contributed by atoms with Crippen LogP contribution in [0.2, 0.25) is 0 Å². The van der Waals surface area contributed by atoms with Crippen molar-refractivity contribution in [3.63, 3.8) is 0 Å². The Morgan fingerprint density at radius 3 is 1.82 bits per heavy atom. The molecule has 0 spiro atoms. The van der Waals surface area contributed by atoms with Crippen molar-refractivity contribution in [2.75, 3.05) is 0 Å². The lowest BCUT2D eigenvalue weighted by Gasteiger charge is -2.32. The molecule has 6 nitrogen and oxygen atoms in total. The van der Waals surface area contributed by atoms with Gasteiger partial charge in [0.25, 0.3) is 0 Å². The quantitative estimate of drug-likeness (QED) is 0.126. The minimum Gasteiger partial charge on any atom is -0.399 e. The maximum atomic E-state index is 12.4. The number of carbonyl (C=O) groups excluding carboxylic acids is 1. The van der Waals surface area contributed by atoms with E-state index in [-0.39, 0.29) is 0 Å². The highest BCUT2D eigenvalue weighted by Gasteiger charge is 2.53. The van der Waals surface area contributed by atoms with Gasteiger partial charge in [0.05, 0.1) is 22.4 Å². The molecule has 1 unspecified atom stereocenters. The zero-order chi connectivity index (χ0) is 37.1. The molecular formula is C43H52B2O6. The van der Waals surface area contributed by atoms with Crippen LogP contribution in [0.1, 0.15) is 115 Å². The molecule has 1 aliphatic carbocycles. The summed E-state index contributed by atoms with van der Waals surface area (Å²) in [6, 6.07) is 22.4. The highest BCUT2D eigenvalue weighted by molar-refractivity contribution is 6.62. The van der Waals surface area contributed by atoms with Crippen molar-refractivity contribution in [3.05, 3.63) is 113 Å². The Kier molecular flexibility index (Phi) is 9.61. The fraction of sp³-hybridized carbons (Fsp3) is 0.419. The lowest BCUT2D eigenvalue weighted by atomic mass is 9.77. The Balaban J connectivity index is 1.37. The fourth-order valence-electron chi connectivity index (χ4n) is 7.19. The monoisotopic (exact) mass is 686 g/mol. The van der Waals surface area contributed by atoms with Crippen LogP contribution in [0, 0.1) is 0 Å². The Morgan fingerprint density at radius 2 is 1.29 bits per heavy atom. The van der Waals surface area contributed by atoms with Crippen molar-refractivity contribution in [2.24, 2.45) is 0 Å². The average molecular weight is 687 g/mol. The van der Waals surface area contributed by atoms with E-state index in [0.29, 0.717) is 12.0 Å². The molecule has 0 aromatic heterocycles. The normalized spacial score (nSPS) is 23.2. The van der Waals surface area contributed by atoms with E-state index in [1.54, 1.807) is 6.92 Å². The van der Waals surface area contributed by atoms with Gasteiger partial charge < -0.3 is 23.7 Å². The Bertz CT molecular complexity index is 1900. The molecule has 0 bridgehead atoms. The third-order valence-corrected chi connectivity index (χ3v) is 11.8. The number of aryl methyl sites for hydroxylation is 1. The van der Waals surface area contributed by atoms with Crippen LogP contribution in [0.25, 0.3) is 16.7 Å². The second kappa shape index (κ2) is 13.2. The molecule has 0 radical (unpaired) electrons. The van der Waals surface area contributed by atoms with Crippen LogP contribution in [0.15, 0.2) is 85.0 Å². The summed E-state index contributed by atoms with van der Waals surface area (Å²) in [5.74, 6) is 0. The molecule has 1 atom stereocenters. The van der Waals surface area contributed by atoms with Gasteiger partial charge in [0.2, 0.25) is 0 Å². The van der Waals surface area contributed by atoms with Crippen LogP contribution in [-0.4, -0.2) is 53.6 Å². The second-order valence-electron chi connectivity index (χ2n) is 16.3. The second-order valence-corrected chi connectivity index (χ2v) is 16.3. The SMILES string of the molecule is C=C(/C(=C\CCc1cccc(B2OC(C)(C)C(C)(C)O2)c1)c1cccc(B2OC(C)(C)C(C)(C)O2)c1)c1cccc(C=O)c1C1=C(CC)C1(C)O. The fourth-order valence-corrected chi connectivity index (χ4v) is 7.19. The molecule has 6 rings (SSSR count). The molecule has 3 aliphatic rings. The number of rotatable bonds is 11. The first kappa shape index (κ1) is 37.2. The van der Waals surface area contributed by atoms with Gasteiger partial charge >= 0.3 is 14.2 Å². The molecule has 0 saturated carbocycles. The summed E-state index contributed by atoms with van der Waals surface area (Å²) < 4.78 is 25.5. The Morgan fingerprint density at radius 1 is 0.765 bits per heavy atom. The molecule has 2 fully saturated rings. The highest BCUT2D eigenvalue weighted by atomic mass is 16.7. The van der Waals surface area contributed by atoms with Gasteiger partial charge in [-0.1, -0.05) is 86.3 Å². The van der Waals surface area contributed by atoms with Gasteiger partial charge in [0.1, 0.15) is 5.60 Å². The summed E-state index contributed by atoms with van der Waals surface area (Å²) in [5, 5.41) is 11.3. The zero-order valence-electron chi connectivity index (χ0n) is 32.0. The van der Waals surface area contributed by atoms with E-state index in [4.69, 9.17) is 18.6 Å². The van der Waals surface area contributed by atoms with Crippen LogP contribution in [0.3, 0.4) is 0 Å². The first-order valence-electron chi connectivity index (χ1n) is 18.2. The van der Waals surface area contributed by atoms with Crippen molar-refractivity contribution >= 4 is 48.2 Å². The van der Waals surface area contributed by atoms with Gasteiger partial charge in [-0.2, -0.15) is 0 Å². The Labute approximate surface area is 305 Å². The van der Waals surface area contributed by atoms with Gasteiger partial charge in [-0.15, -0.1) is 0 Å². The Hall–Kier alpha value is -3.52. The van der Waals surface area contributed by atoms with Crippen LogP contribution < -0.4 is 10.9 Å². The van der Waals surface area contributed by atoms with Crippen molar-refractivity contribution < 1.29 is 28.5 Å². The number of benzene rings is 3. The first-order valence-corrected chi connectivity index (χ1v) is 18.2. The van der Waals surface area contributed by atoms with Crippen LogP contribution in [-0.2, 0) is 25.0 Å². The van der Waals surface area contributed by atoms with E-state index >= 15 is 0 Å². The number of allylic oxidation sites excluding steroid dienone is 3. The summed E-state index contributed by atoms with van der Waals surface area (Å²) in [7, 11) is -0.945. The summed E-state index contributed by atoms with van der Waals surface area (Å²) in [5.41, 5.74) is 6.83. The minimum absolute atomic E-state index is 0.415. The van der Waals surface area contributed by atoms with E-state index in [9.17, 15) is 9.90 Å². The van der Waals surface area contributed by atoms with Gasteiger partial charge in [-0.3, -0.25) is 4.79 Å². The van der Waals surface area contributed by atoms with E-state index < -0.39 is 42.2 Å². The average Bonchev–Trinajstić information content (AvgIpc) is 3.43. The van der Waals surface area contributed by atoms with Crippen LogP contribution in [0.5, 0.6) is 0 Å². The molecule has 3 aromatic carbocycles. The van der Waals surface area contributed by atoms with Gasteiger partial charge in [-0.05, 0) is 137 Å². The predicted molar refractivity (Wildman–Crippen MR) is 209 cm³/mol. The predicted octanol–water partition coefficient (Wildman–Crippen LogP) is 7.76. The van der Waals surface area contributed by atoms with Crippen LogP contribution >= 0.6 is 0 Å². The molecule has 0 amide bonds. The third-order valence-electron chi connectivity index (χ3n) is 11.8. The molecule has 3 aromatic rings. The van der Waals surface area contributed by atoms with E-state index in [1.807, 2.05) is 37.3 Å². The lowest BCUT2D eigenvalue weighted by Crippen LogP contribution is -2.41. The van der Waals surface area contributed by atoms with Crippen molar-refractivity contribution in [1.82, 2.24) is 0 Å². The van der Waals surface area contributed by atoms with E-state index in [0.717, 1.165) is 69.0 Å². The molecule has 2 heterocycles. The molecular weight excluding hydrogens is 634 g/mol. The third kappa shape index (κ3) is 6.78. The summed E-state index contributed by atoms with van der Waals surface area (Å²) in [4.78, 5) is 12.4. The molecule has 8 heteroatoms. The minimum atomic E-state index is -1.05. The lowest BCUT2D eigenvalue weighted by molar-refractivity contribution is 0.00578.